The average Bonchev–Trinajstić information content (AvgIpc) is 2.79. The van der Waals surface area contributed by atoms with Crippen molar-refractivity contribution in [2.75, 3.05) is 33.8 Å². The van der Waals surface area contributed by atoms with E-state index in [9.17, 15) is 4.57 Å². The van der Waals surface area contributed by atoms with Gasteiger partial charge in [0.05, 0.1) is 27.7 Å². The van der Waals surface area contributed by atoms with Crippen LogP contribution < -0.4 is 12.4 Å². The zero-order valence-corrected chi connectivity index (χ0v) is 24.0. The van der Waals surface area contributed by atoms with E-state index in [-0.39, 0.29) is 18.6 Å². The number of halogens is 1. The summed E-state index contributed by atoms with van der Waals surface area (Å²) in [7, 11) is 2.90. The van der Waals surface area contributed by atoms with Gasteiger partial charge >= 0.3 is 7.60 Å². The summed E-state index contributed by atoms with van der Waals surface area (Å²) < 4.78 is 10.8. The summed E-state index contributed by atoms with van der Waals surface area (Å²) in [5.74, 6) is 1.42. The minimum absolute atomic E-state index is 0. The molecule has 2 aromatic rings. The fourth-order valence-electron chi connectivity index (χ4n) is 2.03. The van der Waals surface area contributed by atoms with Crippen LogP contribution in [0.3, 0.4) is 0 Å². The Labute approximate surface area is 210 Å². The highest BCUT2D eigenvalue weighted by Crippen LogP contribution is 2.32. The molecule has 0 amide bonds. The first kappa shape index (κ1) is 36.4. The van der Waals surface area contributed by atoms with Crippen LogP contribution in [-0.4, -0.2) is 48.1 Å². The van der Waals surface area contributed by atoms with Gasteiger partial charge in [-0.1, -0.05) is 95.3 Å². The summed E-state index contributed by atoms with van der Waals surface area (Å²) in [6.07, 6.45) is 2.39. The Bertz CT molecular complexity index is 670. The number of nitrogens with zero attached hydrogens (tertiary/aromatic N) is 1. The summed E-state index contributed by atoms with van der Waals surface area (Å²) in [5.41, 5.74) is 2.90. The van der Waals surface area contributed by atoms with Gasteiger partial charge in [0.2, 0.25) is 0 Å². The van der Waals surface area contributed by atoms with E-state index in [2.05, 4.69) is 116 Å². The van der Waals surface area contributed by atoms with Gasteiger partial charge in [0, 0.05) is 6.16 Å². The summed E-state index contributed by atoms with van der Waals surface area (Å²) in [6, 6.07) is 21.3. The Morgan fingerprint density at radius 1 is 0.727 bits per heavy atom. The van der Waals surface area contributed by atoms with Crippen molar-refractivity contribution < 1.29 is 31.2 Å². The van der Waals surface area contributed by atoms with Crippen molar-refractivity contribution in [2.45, 2.75) is 66.2 Å². The third-order valence-corrected chi connectivity index (χ3v) is 6.15. The van der Waals surface area contributed by atoms with E-state index in [4.69, 9.17) is 9.79 Å². The molecule has 0 heterocycles. The van der Waals surface area contributed by atoms with E-state index in [1.54, 1.807) is 0 Å². The molecule has 0 saturated heterocycles. The maximum atomic E-state index is 9.69. The molecule has 2 aromatic carbocycles. The second kappa shape index (κ2) is 20.2. The van der Waals surface area contributed by atoms with Crippen LogP contribution in [-0.2, 0) is 4.57 Å². The first-order valence-corrected chi connectivity index (χ1v) is 13.6. The minimum atomic E-state index is -3.65. The van der Waals surface area contributed by atoms with E-state index in [1.807, 2.05) is 0 Å². The van der Waals surface area contributed by atoms with E-state index in [0.717, 1.165) is 4.48 Å². The zero-order chi connectivity index (χ0) is 25.2. The molecule has 0 radical (unpaired) electrons. The molecule has 0 aliphatic heterocycles. The first-order valence-electron chi connectivity index (χ1n) is 11.8. The molecular weight excluding hydrogens is 453 g/mol. The van der Waals surface area contributed by atoms with Crippen molar-refractivity contribution in [2.24, 2.45) is 0 Å². The molecule has 2 unspecified atom stereocenters. The molecule has 33 heavy (non-hydrogen) atoms. The average molecular weight is 502 g/mol. The molecule has 4 nitrogen and oxygen atoms in total. The molecule has 2 N–H and O–H groups in total. The molecule has 0 aliphatic carbocycles. The Balaban J connectivity index is -0.000000372. The van der Waals surface area contributed by atoms with Crippen molar-refractivity contribution in [1.82, 2.24) is 0 Å². The third-order valence-electron chi connectivity index (χ3n) is 5.32. The lowest BCUT2D eigenvalue weighted by Crippen LogP contribution is -3.00. The lowest BCUT2D eigenvalue weighted by Gasteiger charge is -2.20. The smallest absolute Gasteiger partial charge is 0.325 e. The molecule has 192 valence electrons. The summed E-state index contributed by atoms with van der Waals surface area (Å²) >= 11 is 0. The van der Waals surface area contributed by atoms with E-state index >= 15 is 0 Å². The molecule has 2 rings (SSSR count). The Morgan fingerprint density at radius 2 is 0.970 bits per heavy atom. The number of hydrogen-bond acceptors (Lipinski definition) is 1. The largest absolute Gasteiger partial charge is 1.00 e. The molecule has 2 atom stereocenters. The molecule has 0 aromatic heterocycles. The van der Waals surface area contributed by atoms with E-state index < -0.39 is 7.60 Å². The van der Waals surface area contributed by atoms with E-state index in [1.165, 1.54) is 37.4 Å². The Morgan fingerprint density at radius 3 is 1.12 bits per heavy atom. The third kappa shape index (κ3) is 23.8. The van der Waals surface area contributed by atoms with Gasteiger partial charge in [-0.2, -0.15) is 0 Å². The minimum Gasteiger partial charge on any atom is -1.00 e. The maximum absolute atomic E-state index is 9.69. The lowest BCUT2D eigenvalue weighted by molar-refractivity contribution is -0.868. The zero-order valence-electron chi connectivity index (χ0n) is 22.3. The maximum Gasteiger partial charge on any atom is 0.325 e. The Hall–Kier alpha value is -1.16. The molecule has 0 bridgehead atoms. The fraction of sp³-hybridized carbons (Fsp3) is 0.556. The number of hydrogen-bond donors (Lipinski definition) is 2. The molecule has 6 heteroatoms. The number of quaternary nitrogens is 1. The second-order valence-electron chi connectivity index (χ2n) is 9.03. The topological polar surface area (TPSA) is 57.5 Å². The van der Waals surface area contributed by atoms with Crippen LogP contribution in [0, 0.1) is 0 Å². The van der Waals surface area contributed by atoms with Gasteiger partial charge in [0.25, 0.3) is 0 Å². The quantitative estimate of drug-likeness (QED) is 0.458. The van der Waals surface area contributed by atoms with Crippen molar-refractivity contribution in [3.05, 3.63) is 71.8 Å². The van der Waals surface area contributed by atoms with Crippen LogP contribution in [0.15, 0.2) is 60.7 Å². The SMILES string of the molecule is CCC(C)c1ccccc1.CCC(C)c1ccccc1.CCP(=O)(O)O.CC[N+](C)(C)C.[Cl-]. The molecular formula is C27H49ClNO3P. The van der Waals surface area contributed by atoms with Crippen LogP contribution in [0.25, 0.3) is 0 Å². The second-order valence-corrected chi connectivity index (χ2v) is 11.0. The fourth-order valence-corrected chi connectivity index (χ4v) is 2.03. The first-order chi connectivity index (χ1) is 14.8. The van der Waals surface area contributed by atoms with Crippen LogP contribution in [0.5, 0.6) is 0 Å². The van der Waals surface area contributed by atoms with Crippen molar-refractivity contribution in [1.29, 1.82) is 0 Å². The van der Waals surface area contributed by atoms with Gasteiger partial charge < -0.3 is 26.7 Å². The van der Waals surface area contributed by atoms with Gasteiger partial charge in [-0.25, -0.2) is 0 Å². The van der Waals surface area contributed by atoms with Gasteiger partial charge in [0.15, 0.2) is 0 Å². The highest BCUT2D eigenvalue weighted by molar-refractivity contribution is 7.51. The molecule has 0 fully saturated rings. The van der Waals surface area contributed by atoms with Gasteiger partial charge in [-0.3, -0.25) is 4.57 Å². The van der Waals surface area contributed by atoms with Crippen LogP contribution >= 0.6 is 7.60 Å². The molecule has 0 aliphatic rings. The summed E-state index contributed by atoms with van der Waals surface area (Å²) in [5, 5.41) is 0. The lowest BCUT2D eigenvalue weighted by atomic mass is 9.99. The highest BCUT2D eigenvalue weighted by Gasteiger charge is 2.05. The molecule has 0 spiro atoms. The number of rotatable bonds is 6. The van der Waals surface area contributed by atoms with Crippen molar-refractivity contribution >= 4 is 7.60 Å². The van der Waals surface area contributed by atoms with Crippen molar-refractivity contribution in [3.8, 4) is 0 Å². The van der Waals surface area contributed by atoms with Crippen LogP contribution in [0.1, 0.15) is 77.3 Å². The summed E-state index contributed by atoms with van der Waals surface area (Å²) in [4.78, 5) is 15.9. The van der Waals surface area contributed by atoms with Crippen molar-refractivity contribution in [3.63, 3.8) is 0 Å². The molecule has 0 saturated carbocycles. The van der Waals surface area contributed by atoms with Gasteiger partial charge in [-0.15, -0.1) is 0 Å². The highest BCUT2D eigenvalue weighted by atomic mass is 35.5. The predicted octanol–water partition coefficient (Wildman–Crippen LogP) is 4.30. The Kier molecular flexibility index (Phi) is 22.3. The van der Waals surface area contributed by atoms with Crippen LogP contribution in [0.4, 0.5) is 0 Å². The number of benzene rings is 2. The summed E-state index contributed by atoms with van der Waals surface area (Å²) in [6.45, 7) is 13.8. The van der Waals surface area contributed by atoms with E-state index in [0.29, 0.717) is 11.8 Å². The standard InChI is InChI=1S/2C10H14.C5H14N.C2H7O3P.ClH/c2*1-3-9(2)10-7-5-4-6-8-10;1-5-6(2,3)4;1-2-6(3,4)5;/h2*4-9H,3H2,1-2H3;5H2,1-4H3;2H2,1H3,(H2,3,4,5);1H/q;;+1;;/p-1. The predicted molar refractivity (Wildman–Crippen MR) is 141 cm³/mol. The van der Waals surface area contributed by atoms with Gasteiger partial charge in [0.1, 0.15) is 0 Å². The van der Waals surface area contributed by atoms with Gasteiger partial charge in [-0.05, 0) is 42.7 Å². The normalized spacial score (nSPS) is 12.2. The monoisotopic (exact) mass is 501 g/mol. The van der Waals surface area contributed by atoms with Crippen LogP contribution in [0.2, 0.25) is 0 Å².